The van der Waals surface area contributed by atoms with Gasteiger partial charge in [-0.25, -0.2) is 13.2 Å². The van der Waals surface area contributed by atoms with Gasteiger partial charge in [0.25, 0.3) is 0 Å². The predicted molar refractivity (Wildman–Crippen MR) is 70.9 cm³/mol. The highest BCUT2D eigenvalue weighted by molar-refractivity contribution is 7.95. The Labute approximate surface area is 113 Å². The summed E-state index contributed by atoms with van der Waals surface area (Å²) in [6.07, 6.45) is 6.51. The number of piperidine rings is 1. The first kappa shape index (κ1) is 15.7. The standard InChI is InChI=1S/C12H19NO5S/c1-18-12(15)11(19(2,16)17)4-3-7-13-8-5-10(14)6-9-13/h3-4,7,10,14H,5-6,8-9H2,1-2H3. The summed E-state index contributed by atoms with van der Waals surface area (Å²) in [6.45, 7) is 1.41. The van der Waals surface area contributed by atoms with E-state index in [1.807, 2.05) is 4.90 Å². The summed E-state index contributed by atoms with van der Waals surface area (Å²) in [4.78, 5) is 12.9. The van der Waals surface area contributed by atoms with Gasteiger partial charge >= 0.3 is 5.97 Å². The molecule has 1 rings (SSSR count). The van der Waals surface area contributed by atoms with Crippen molar-refractivity contribution in [1.82, 2.24) is 4.90 Å². The lowest BCUT2D eigenvalue weighted by Gasteiger charge is -2.28. The van der Waals surface area contributed by atoms with Crippen molar-refractivity contribution in [3.05, 3.63) is 23.3 Å². The van der Waals surface area contributed by atoms with Crippen LogP contribution in [0.4, 0.5) is 0 Å². The zero-order valence-corrected chi connectivity index (χ0v) is 11.9. The molecular weight excluding hydrogens is 270 g/mol. The quantitative estimate of drug-likeness (QED) is 0.447. The number of ether oxygens (including phenoxy) is 1. The molecule has 1 saturated heterocycles. The molecule has 0 aliphatic carbocycles. The summed E-state index contributed by atoms with van der Waals surface area (Å²) in [5, 5.41) is 9.35. The van der Waals surface area contributed by atoms with Crippen molar-refractivity contribution < 1.29 is 23.1 Å². The normalized spacial score (nSPS) is 18.9. The Morgan fingerprint density at radius 1 is 1.37 bits per heavy atom. The molecule has 0 unspecified atom stereocenters. The molecule has 19 heavy (non-hydrogen) atoms. The molecule has 1 N–H and O–H groups in total. The van der Waals surface area contributed by atoms with Crippen molar-refractivity contribution in [1.29, 1.82) is 0 Å². The second kappa shape index (κ2) is 6.72. The molecule has 0 saturated carbocycles. The summed E-state index contributed by atoms with van der Waals surface area (Å²) < 4.78 is 27.2. The lowest BCUT2D eigenvalue weighted by molar-refractivity contribution is -0.135. The number of rotatable bonds is 4. The minimum absolute atomic E-state index is 0.262. The maximum atomic E-state index is 11.4. The molecule has 0 bridgehead atoms. The van der Waals surface area contributed by atoms with Crippen molar-refractivity contribution in [3.8, 4) is 0 Å². The first-order valence-electron chi connectivity index (χ1n) is 5.93. The highest BCUT2D eigenvalue weighted by Gasteiger charge is 2.20. The summed E-state index contributed by atoms with van der Waals surface area (Å²) in [6, 6.07) is 0. The number of carbonyl (C=O) groups is 1. The lowest BCUT2D eigenvalue weighted by Crippen LogP contribution is -2.31. The number of aliphatic hydroxyl groups excluding tert-OH is 1. The zero-order valence-electron chi connectivity index (χ0n) is 11.1. The molecule has 0 spiro atoms. The maximum absolute atomic E-state index is 11.4. The van der Waals surface area contributed by atoms with E-state index in [2.05, 4.69) is 4.74 Å². The van der Waals surface area contributed by atoms with E-state index in [4.69, 9.17) is 0 Å². The van der Waals surface area contributed by atoms with E-state index < -0.39 is 15.8 Å². The number of aliphatic hydroxyl groups is 1. The monoisotopic (exact) mass is 289 g/mol. The number of methoxy groups -OCH3 is 1. The van der Waals surface area contributed by atoms with Gasteiger partial charge in [-0.15, -0.1) is 0 Å². The Morgan fingerprint density at radius 3 is 2.42 bits per heavy atom. The SMILES string of the molecule is COC(=O)C(=CC=CN1CCC(O)CC1)S(C)(=O)=O. The van der Waals surface area contributed by atoms with E-state index in [0.29, 0.717) is 25.9 Å². The average Bonchev–Trinajstić information content (AvgIpc) is 2.34. The number of sulfone groups is 1. The van der Waals surface area contributed by atoms with Crippen LogP contribution in [0, 0.1) is 0 Å². The smallest absolute Gasteiger partial charge is 0.349 e. The number of allylic oxidation sites excluding steroid dienone is 2. The van der Waals surface area contributed by atoms with Crippen LogP contribution in [0.3, 0.4) is 0 Å². The molecule has 0 amide bonds. The highest BCUT2D eigenvalue weighted by Crippen LogP contribution is 2.11. The molecular formula is C12H19NO5S. The topological polar surface area (TPSA) is 83.9 Å². The average molecular weight is 289 g/mol. The number of carbonyl (C=O) groups excluding carboxylic acids is 1. The van der Waals surface area contributed by atoms with E-state index in [1.54, 1.807) is 6.20 Å². The third-order valence-electron chi connectivity index (χ3n) is 2.83. The molecule has 0 aromatic rings. The van der Waals surface area contributed by atoms with Crippen LogP contribution >= 0.6 is 0 Å². The molecule has 0 aromatic heterocycles. The fraction of sp³-hybridized carbons (Fsp3) is 0.583. The maximum Gasteiger partial charge on any atom is 0.349 e. The number of esters is 1. The molecule has 0 radical (unpaired) electrons. The lowest BCUT2D eigenvalue weighted by atomic mass is 10.1. The molecule has 108 valence electrons. The van der Waals surface area contributed by atoms with Crippen LogP contribution in [0.25, 0.3) is 0 Å². The van der Waals surface area contributed by atoms with Crippen molar-refractivity contribution in [2.75, 3.05) is 26.5 Å². The highest BCUT2D eigenvalue weighted by atomic mass is 32.2. The van der Waals surface area contributed by atoms with Crippen molar-refractivity contribution in [2.24, 2.45) is 0 Å². The fourth-order valence-electron chi connectivity index (χ4n) is 1.73. The molecule has 0 aromatic carbocycles. The van der Waals surface area contributed by atoms with Gasteiger partial charge in [-0.05, 0) is 31.2 Å². The third kappa shape index (κ3) is 5.04. The molecule has 1 fully saturated rings. The first-order chi connectivity index (χ1) is 8.84. The molecule has 1 heterocycles. The van der Waals surface area contributed by atoms with Crippen molar-refractivity contribution in [3.63, 3.8) is 0 Å². The largest absolute Gasteiger partial charge is 0.465 e. The van der Waals surface area contributed by atoms with Gasteiger partial charge in [0, 0.05) is 19.3 Å². The van der Waals surface area contributed by atoms with Crippen LogP contribution in [0.1, 0.15) is 12.8 Å². The Kier molecular flexibility index (Phi) is 5.56. The summed E-state index contributed by atoms with van der Waals surface area (Å²) in [5.41, 5.74) is 0. The van der Waals surface area contributed by atoms with Gasteiger partial charge in [0.05, 0.1) is 13.2 Å². The minimum atomic E-state index is -3.61. The Bertz CT molecular complexity index is 472. The van der Waals surface area contributed by atoms with Crippen molar-refractivity contribution in [2.45, 2.75) is 18.9 Å². The molecule has 0 atom stereocenters. The van der Waals surface area contributed by atoms with E-state index in [9.17, 15) is 18.3 Å². The second-order valence-electron chi connectivity index (χ2n) is 4.40. The number of hydrogen-bond donors (Lipinski definition) is 1. The van der Waals surface area contributed by atoms with Crippen LogP contribution in [0.2, 0.25) is 0 Å². The van der Waals surface area contributed by atoms with E-state index in [0.717, 1.165) is 13.4 Å². The van der Waals surface area contributed by atoms with Gasteiger partial charge in [-0.2, -0.15) is 0 Å². The molecule has 1 aliphatic heterocycles. The molecule has 1 aliphatic rings. The van der Waals surface area contributed by atoms with Crippen LogP contribution in [-0.2, 0) is 19.4 Å². The van der Waals surface area contributed by atoms with E-state index in [-0.39, 0.29) is 11.0 Å². The van der Waals surface area contributed by atoms with Crippen LogP contribution in [-0.4, -0.2) is 57.0 Å². The Hall–Kier alpha value is -1.34. The van der Waals surface area contributed by atoms with Gasteiger partial charge < -0.3 is 14.7 Å². The summed E-state index contributed by atoms with van der Waals surface area (Å²) in [5.74, 6) is -0.874. The number of likely N-dealkylation sites (tertiary alicyclic amines) is 1. The van der Waals surface area contributed by atoms with Gasteiger partial charge in [0.2, 0.25) is 0 Å². The van der Waals surface area contributed by atoms with Gasteiger partial charge in [-0.3, -0.25) is 0 Å². The fourth-order valence-corrected chi connectivity index (χ4v) is 2.44. The predicted octanol–water partition coefficient (Wildman–Crippen LogP) is 0.0583. The van der Waals surface area contributed by atoms with Gasteiger partial charge in [0.15, 0.2) is 14.7 Å². The van der Waals surface area contributed by atoms with E-state index >= 15 is 0 Å². The molecule has 6 nitrogen and oxygen atoms in total. The van der Waals surface area contributed by atoms with Gasteiger partial charge in [0.1, 0.15) is 0 Å². The second-order valence-corrected chi connectivity index (χ2v) is 6.39. The van der Waals surface area contributed by atoms with E-state index in [1.165, 1.54) is 12.2 Å². The van der Waals surface area contributed by atoms with Crippen LogP contribution in [0.5, 0.6) is 0 Å². The zero-order chi connectivity index (χ0) is 14.5. The summed E-state index contributed by atoms with van der Waals surface area (Å²) >= 11 is 0. The third-order valence-corrected chi connectivity index (χ3v) is 3.93. The first-order valence-corrected chi connectivity index (χ1v) is 7.82. The number of hydrogen-bond acceptors (Lipinski definition) is 6. The van der Waals surface area contributed by atoms with Crippen molar-refractivity contribution >= 4 is 15.8 Å². The molecule has 7 heteroatoms. The van der Waals surface area contributed by atoms with Gasteiger partial charge in [-0.1, -0.05) is 0 Å². The van der Waals surface area contributed by atoms with Crippen LogP contribution in [0.15, 0.2) is 23.3 Å². The van der Waals surface area contributed by atoms with Crippen LogP contribution < -0.4 is 0 Å². The minimum Gasteiger partial charge on any atom is -0.465 e. The Morgan fingerprint density at radius 2 is 1.95 bits per heavy atom. The summed E-state index contributed by atoms with van der Waals surface area (Å²) in [7, 11) is -2.48. The Balaban J connectivity index is 2.73. The number of nitrogens with zero attached hydrogens (tertiary/aromatic N) is 1.